The number of piperidine rings is 1. The van der Waals surface area contributed by atoms with Crippen LogP contribution in [0.5, 0.6) is 0 Å². The number of amides is 1. The summed E-state index contributed by atoms with van der Waals surface area (Å²) in [7, 11) is 0. The van der Waals surface area contributed by atoms with Gasteiger partial charge in [-0.05, 0) is 62.3 Å². The Morgan fingerprint density at radius 1 is 1.50 bits per heavy atom. The van der Waals surface area contributed by atoms with Crippen molar-refractivity contribution in [3.8, 4) is 6.07 Å². The van der Waals surface area contributed by atoms with Crippen LogP contribution in [0.25, 0.3) is 0 Å². The first-order chi connectivity index (χ1) is 11.3. The van der Waals surface area contributed by atoms with Crippen LogP contribution in [0.1, 0.15) is 39.2 Å². The largest absolute Gasteiger partial charge is 0.444 e. The van der Waals surface area contributed by atoms with Crippen molar-refractivity contribution in [2.45, 2.75) is 51.7 Å². The van der Waals surface area contributed by atoms with Gasteiger partial charge in [-0.15, -0.1) is 0 Å². The zero-order valence-corrected chi connectivity index (χ0v) is 16.5. The van der Waals surface area contributed by atoms with Gasteiger partial charge in [0.1, 0.15) is 11.4 Å². The SMILES string of the molecule is CC(C)(C)OC(=O)NC1CCN(c2nccc(I)c2CC#N)CC1. The number of anilines is 1. The second kappa shape index (κ2) is 8.01. The minimum absolute atomic E-state index is 0.110. The summed E-state index contributed by atoms with van der Waals surface area (Å²) in [5.41, 5.74) is 0.501. The van der Waals surface area contributed by atoms with E-state index in [4.69, 9.17) is 10.00 Å². The molecule has 0 spiro atoms. The summed E-state index contributed by atoms with van der Waals surface area (Å²) >= 11 is 2.25. The van der Waals surface area contributed by atoms with E-state index in [2.05, 4.69) is 43.9 Å². The third-order valence-electron chi connectivity index (χ3n) is 3.75. The summed E-state index contributed by atoms with van der Waals surface area (Å²) in [6, 6.07) is 4.25. The van der Waals surface area contributed by atoms with Gasteiger partial charge in [0.15, 0.2) is 0 Å². The van der Waals surface area contributed by atoms with Crippen LogP contribution in [0, 0.1) is 14.9 Å². The summed E-state index contributed by atoms with van der Waals surface area (Å²) < 4.78 is 6.37. The van der Waals surface area contributed by atoms with Crippen LogP contribution in [0.3, 0.4) is 0 Å². The average Bonchev–Trinajstić information content (AvgIpc) is 2.48. The van der Waals surface area contributed by atoms with E-state index in [-0.39, 0.29) is 12.1 Å². The number of nitrogens with zero attached hydrogens (tertiary/aromatic N) is 3. The molecule has 1 aliphatic rings. The van der Waals surface area contributed by atoms with Gasteiger partial charge in [-0.1, -0.05) is 0 Å². The lowest BCUT2D eigenvalue weighted by atomic mass is 10.0. The molecule has 1 aromatic heterocycles. The fourth-order valence-electron chi connectivity index (χ4n) is 2.68. The highest BCUT2D eigenvalue weighted by Gasteiger charge is 2.25. The number of aromatic nitrogens is 1. The summed E-state index contributed by atoms with van der Waals surface area (Å²) in [5.74, 6) is 0.888. The second-order valence-corrected chi connectivity index (χ2v) is 8.00. The zero-order valence-electron chi connectivity index (χ0n) is 14.3. The number of rotatable bonds is 3. The van der Waals surface area contributed by atoms with E-state index < -0.39 is 5.60 Å². The molecule has 1 N–H and O–H groups in total. The van der Waals surface area contributed by atoms with Gasteiger partial charge in [-0.2, -0.15) is 5.26 Å². The van der Waals surface area contributed by atoms with Gasteiger partial charge >= 0.3 is 6.09 Å². The molecule has 0 unspecified atom stereocenters. The first-order valence-corrected chi connectivity index (χ1v) is 9.13. The number of ether oxygens (including phenoxy) is 1. The molecule has 1 saturated heterocycles. The average molecular weight is 442 g/mol. The van der Waals surface area contributed by atoms with E-state index in [0.717, 1.165) is 40.9 Å². The van der Waals surface area contributed by atoms with Gasteiger partial charge in [-0.25, -0.2) is 9.78 Å². The molecule has 1 fully saturated rings. The Bertz CT molecular complexity index is 628. The summed E-state index contributed by atoms with van der Waals surface area (Å²) in [4.78, 5) is 18.5. The molecule has 130 valence electrons. The lowest BCUT2D eigenvalue weighted by Crippen LogP contribution is -2.46. The minimum Gasteiger partial charge on any atom is -0.444 e. The van der Waals surface area contributed by atoms with E-state index in [9.17, 15) is 4.79 Å². The third-order valence-corrected chi connectivity index (χ3v) is 4.76. The lowest BCUT2D eigenvalue weighted by molar-refractivity contribution is 0.0497. The van der Waals surface area contributed by atoms with Gasteiger partial charge in [0.2, 0.25) is 0 Å². The molecule has 0 bridgehead atoms. The molecule has 0 aliphatic carbocycles. The third kappa shape index (κ3) is 5.23. The molecule has 7 heteroatoms. The van der Waals surface area contributed by atoms with Crippen LogP contribution >= 0.6 is 22.6 Å². The highest BCUT2D eigenvalue weighted by molar-refractivity contribution is 14.1. The highest BCUT2D eigenvalue weighted by Crippen LogP contribution is 2.26. The lowest BCUT2D eigenvalue weighted by Gasteiger charge is -2.34. The Balaban J connectivity index is 1.95. The molecule has 2 rings (SSSR count). The molecular formula is C17H23IN4O2. The Morgan fingerprint density at radius 3 is 2.75 bits per heavy atom. The number of carbonyl (C=O) groups is 1. The maximum absolute atomic E-state index is 11.9. The van der Waals surface area contributed by atoms with Crippen molar-refractivity contribution in [2.75, 3.05) is 18.0 Å². The normalized spacial score (nSPS) is 15.7. The molecule has 6 nitrogen and oxygen atoms in total. The predicted octanol–water partition coefficient (Wildman–Crippen LogP) is 3.25. The fourth-order valence-corrected chi connectivity index (χ4v) is 3.28. The van der Waals surface area contributed by atoms with Crippen molar-refractivity contribution in [3.05, 3.63) is 21.4 Å². The predicted molar refractivity (Wildman–Crippen MR) is 101 cm³/mol. The van der Waals surface area contributed by atoms with Gasteiger partial charge in [0, 0.05) is 34.5 Å². The summed E-state index contributed by atoms with van der Waals surface area (Å²) in [5, 5.41) is 12.0. The van der Waals surface area contributed by atoms with Crippen LogP contribution in [0.4, 0.5) is 10.6 Å². The van der Waals surface area contributed by atoms with Crippen molar-refractivity contribution in [3.63, 3.8) is 0 Å². The molecule has 0 atom stereocenters. The Morgan fingerprint density at radius 2 is 2.17 bits per heavy atom. The Kier molecular flexibility index (Phi) is 6.27. The highest BCUT2D eigenvalue weighted by atomic mass is 127. The number of pyridine rings is 1. The molecule has 0 aromatic carbocycles. The minimum atomic E-state index is -0.484. The molecule has 2 heterocycles. The van der Waals surface area contributed by atoms with Crippen LogP contribution in [-0.2, 0) is 11.2 Å². The number of halogens is 1. The van der Waals surface area contributed by atoms with Gasteiger partial charge in [-0.3, -0.25) is 0 Å². The second-order valence-electron chi connectivity index (χ2n) is 6.84. The Hall–Kier alpha value is -1.56. The van der Waals surface area contributed by atoms with E-state index in [1.807, 2.05) is 26.8 Å². The molecule has 24 heavy (non-hydrogen) atoms. The van der Waals surface area contributed by atoms with Crippen LogP contribution in [0.2, 0.25) is 0 Å². The van der Waals surface area contributed by atoms with Crippen molar-refractivity contribution in [1.29, 1.82) is 5.26 Å². The van der Waals surface area contributed by atoms with Crippen LogP contribution in [-0.4, -0.2) is 35.8 Å². The topological polar surface area (TPSA) is 78.2 Å². The van der Waals surface area contributed by atoms with Gasteiger partial charge in [0.25, 0.3) is 0 Å². The molecule has 1 aliphatic heterocycles. The smallest absolute Gasteiger partial charge is 0.407 e. The van der Waals surface area contributed by atoms with E-state index >= 15 is 0 Å². The molecule has 1 aromatic rings. The van der Waals surface area contributed by atoms with Crippen molar-refractivity contribution >= 4 is 34.5 Å². The number of nitrogens with one attached hydrogen (secondary N) is 1. The Labute approximate surface area is 156 Å². The quantitative estimate of drug-likeness (QED) is 0.728. The summed E-state index contributed by atoms with van der Waals surface area (Å²) in [6.45, 7) is 7.16. The number of carbonyl (C=O) groups excluding carboxylic acids is 1. The molecular weight excluding hydrogens is 419 g/mol. The van der Waals surface area contributed by atoms with E-state index in [1.165, 1.54) is 0 Å². The molecule has 0 radical (unpaired) electrons. The number of alkyl carbamates (subject to hydrolysis) is 1. The van der Waals surface area contributed by atoms with E-state index in [1.54, 1.807) is 6.20 Å². The number of nitriles is 1. The van der Waals surface area contributed by atoms with Crippen molar-refractivity contribution in [1.82, 2.24) is 10.3 Å². The van der Waals surface area contributed by atoms with Gasteiger partial charge < -0.3 is 15.0 Å². The molecule has 1 amide bonds. The molecule has 0 saturated carbocycles. The first-order valence-electron chi connectivity index (χ1n) is 8.05. The fraction of sp³-hybridized carbons (Fsp3) is 0.588. The van der Waals surface area contributed by atoms with Crippen molar-refractivity contribution in [2.24, 2.45) is 0 Å². The van der Waals surface area contributed by atoms with Gasteiger partial charge in [0.05, 0.1) is 12.5 Å². The maximum atomic E-state index is 11.9. The van der Waals surface area contributed by atoms with Crippen molar-refractivity contribution < 1.29 is 9.53 Å². The van der Waals surface area contributed by atoms with E-state index in [0.29, 0.717) is 6.42 Å². The number of hydrogen-bond acceptors (Lipinski definition) is 5. The first kappa shape index (κ1) is 18.8. The monoisotopic (exact) mass is 442 g/mol. The zero-order chi connectivity index (χ0) is 17.7. The maximum Gasteiger partial charge on any atom is 0.407 e. The standard InChI is InChI=1S/C17H23IN4O2/c1-17(2,3)24-16(23)21-12-6-10-22(11-7-12)15-13(4-8-19)14(18)5-9-20-15/h5,9,12H,4,6-7,10-11H2,1-3H3,(H,21,23). The van der Waals surface area contributed by atoms with Crippen LogP contribution < -0.4 is 10.2 Å². The summed E-state index contributed by atoms with van der Waals surface area (Å²) in [6.07, 6.45) is 3.44. The number of hydrogen-bond donors (Lipinski definition) is 1. The van der Waals surface area contributed by atoms with Crippen LogP contribution in [0.15, 0.2) is 12.3 Å².